The quantitative estimate of drug-likeness (QED) is 0.840. The van der Waals surface area contributed by atoms with Crippen LogP contribution in [0.4, 0.5) is 0 Å². The number of ketones is 1. The maximum atomic E-state index is 12.1. The highest BCUT2D eigenvalue weighted by molar-refractivity contribution is 5.99. The number of hydrogen-bond acceptors (Lipinski definition) is 2. The highest BCUT2D eigenvalue weighted by Gasteiger charge is 2.22. The van der Waals surface area contributed by atoms with Crippen molar-refractivity contribution in [3.05, 3.63) is 71.8 Å². The second-order valence-electron chi connectivity index (χ2n) is 5.38. The largest absolute Gasteiger partial charge is 0.497 e. The van der Waals surface area contributed by atoms with E-state index in [0.717, 1.165) is 23.3 Å². The minimum absolute atomic E-state index is 0.209. The zero-order valence-electron chi connectivity index (χ0n) is 12.1. The van der Waals surface area contributed by atoms with Crippen LogP contribution in [-0.2, 0) is 4.79 Å². The Balaban J connectivity index is 1.85. The average Bonchev–Trinajstić information content (AvgIpc) is 2.55. The summed E-state index contributed by atoms with van der Waals surface area (Å²) in [6.45, 7) is 0. The van der Waals surface area contributed by atoms with Crippen molar-refractivity contribution in [2.24, 2.45) is 0 Å². The number of allylic oxidation sites excluding steroid dienone is 2. The Morgan fingerprint density at radius 1 is 0.952 bits per heavy atom. The number of rotatable bonds is 3. The lowest BCUT2D eigenvalue weighted by molar-refractivity contribution is -0.115. The van der Waals surface area contributed by atoms with Gasteiger partial charge in [0.05, 0.1) is 7.11 Å². The average molecular weight is 278 g/mol. The van der Waals surface area contributed by atoms with Crippen molar-refractivity contribution in [2.75, 3.05) is 7.11 Å². The zero-order chi connectivity index (χ0) is 14.7. The van der Waals surface area contributed by atoms with Crippen LogP contribution in [0.1, 0.15) is 29.9 Å². The predicted molar refractivity (Wildman–Crippen MR) is 84.4 cm³/mol. The molecule has 1 atom stereocenters. The van der Waals surface area contributed by atoms with E-state index in [4.69, 9.17) is 4.74 Å². The molecule has 3 rings (SSSR count). The van der Waals surface area contributed by atoms with Gasteiger partial charge in [-0.25, -0.2) is 0 Å². The third kappa shape index (κ3) is 3.05. The molecule has 0 aliphatic heterocycles. The molecule has 2 nitrogen and oxygen atoms in total. The molecule has 2 heteroatoms. The second kappa shape index (κ2) is 5.96. The van der Waals surface area contributed by atoms with Gasteiger partial charge in [0.25, 0.3) is 0 Å². The normalized spacial score (nSPS) is 18.2. The van der Waals surface area contributed by atoms with Gasteiger partial charge in [-0.1, -0.05) is 42.5 Å². The van der Waals surface area contributed by atoms with E-state index in [0.29, 0.717) is 6.42 Å². The van der Waals surface area contributed by atoms with Crippen molar-refractivity contribution in [3.63, 3.8) is 0 Å². The van der Waals surface area contributed by atoms with E-state index >= 15 is 0 Å². The molecule has 106 valence electrons. The number of hydrogen-bond donors (Lipinski definition) is 0. The Bertz CT molecular complexity index is 654. The molecule has 0 bridgehead atoms. The van der Waals surface area contributed by atoms with Gasteiger partial charge in [0.15, 0.2) is 5.78 Å². The molecule has 0 aromatic heterocycles. The Kier molecular flexibility index (Phi) is 3.87. The molecule has 0 heterocycles. The summed E-state index contributed by atoms with van der Waals surface area (Å²) in [5, 5.41) is 0. The first-order valence-electron chi connectivity index (χ1n) is 7.19. The molecule has 2 aromatic rings. The summed E-state index contributed by atoms with van der Waals surface area (Å²) in [6.07, 6.45) is 3.29. The van der Waals surface area contributed by atoms with Crippen molar-refractivity contribution >= 4 is 11.4 Å². The highest BCUT2D eigenvalue weighted by Crippen LogP contribution is 2.36. The monoisotopic (exact) mass is 278 g/mol. The Labute approximate surface area is 125 Å². The van der Waals surface area contributed by atoms with Crippen LogP contribution in [0.3, 0.4) is 0 Å². The number of ether oxygens (including phenoxy) is 1. The van der Waals surface area contributed by atoms with Gasteiger partial charge in [-0.2, -0.15) is 0 Å². The van der Waals surface area contributed by atoms with Crippen LogP contribution in [0.2, 0.25) is 0 Å². The van der Waals surface area contributed by atoms with Crippen molar-refractivity contribution in [1.29, 1.82) is 0 Å². The van der Waals surface area contributed by atoms with Crippen LogP contribution >= 0.6 is 0 Å². The van der Waals surface area contributed by atoms with Crippen molar-refractivity contribution < 1.29 is 9.53 Å². The zero-order valence-corrected chi connectivity index (χ0v) is 12.1. The molecule has 1 unspecified atom stereocenters. The van der Waals surface area contributed by atoms with E-state index in [-0.39, 0.29) is 11.7 Å². The summed E-state index contributed by atoms with van der Waals surface area (Å²) in [7, 11) is 1.66. The fourth-order valence-electron chi connectivity index (χ4n) is 2.86. The van der Waals surface area contributed by atoms with Gasteiger partial charge in [-0.3, -0.25) is 4.79 Å². The molecular formula is C19H18O2. The molecule has 1 aliphatic carbocycles. The Hall–Kier alpha value is -2.35. The molecule has 0 spiro atoms. The molecule has 0 saturated heterocycles. The van der Waals surface area contributed by atoms with Crippen LogP contribution in [0.15, 0.2) is 60.7 Å². The molecule has 2 aromatic carbocycles. The predicted octanol–water partition coefficient (Wildman–Crippen LogP) is 4.23. The molecule has 0 saturated carbocycles. The van der Waals surface area contributed by atoms with Gasteiger partial charge in [-0.05, 0) is 47.2 Å². The van der Waals surface area contributed by atoms with Crippen LogP contribution < -0.4 is 4.74 Å². The summed E-state index contributed by atoms with van der Waals surface area (Å²) < 4.78 is 5.19. The van der Waals surface area contributed by atoms with E-state index in [9.17, 15) is 4.79 Å². The first kappa shape index (κ1) is 13.6. The summed E-state index contributed by atoms with van der Waals surface area (Å²) in [6, 6.07) is 18.2. The van der Waals surface area contributed by atoms with Gasteiger partial charge in [0.1, 0.15) is 5.75 Å². The van der Waals surface area contributed by atoms with Crippen molar-refractivity contribution in [1.82, 2.24) is 0 Å². The fraction of sp³-hybridized carbons (Fsp3) is 0.211. The van der Waals surface area contributed by atoms with E-state index < -0.39 is 0 Å². The smallest absolute Gasteiger partial charge is 0.156 e. The van der Waals surface area contributed by atoms with Crippen LogP contribution in [0.25, 0.3) is 5.57 Å². The van der Waals surface area contributed by atoms with Crippen molar-refractivity contribution in [3.8, 4) is 5.75 Å². The van der Waals surface area contributed by atoms with Gasteiger partial charge < -0.3 is 4.74 Å². The van der Waals surface area contributed by atoms with E-state index in [1.807, 2.05) is 30.3 Å². The molecule has 0 amide bonds. The topological polar surface area (TPSA) is 26.3 Å². The van der Waals surface area contributed by atoms with Gasteiger partial charge >= 0.3 is 0 Å². The van der Waals surface area contributed by atoms with E-state index in [1.54, 1.807) is 13.2 Å². The first-order chi connectivity index (χ1) is 10.3. The van der Waals surface area contributed by atoms with Crippen LogP contribution in [0, 0.1) is 0 Å². The standard InChI is InChI=1S/C19H18O2/c1-21-19-9-7-15(8-10-19)17-11-16(12-18(20)13-17)14-5-3-2-4-6-14/h2-10,12,17H,11,13H2,1H3. The van der Waals surface area contributed by atoms with E-state index in [2.05, 4.69) is 24.3 Å². The second-order valence-corrected chi connectivity index (χ2v) is 5.38. The summed E-state index contributed by atoms with van der Waals surface area (Å²) in [5.74, 6) is 1.31. The van der Waals surface area contributed by atoms with Gasteiger partial charge in [-0.15, -0.1) is 0 Å². The lowest BCUT2D eigenvalue weighted by Crippen LogP contribution is -2.12. The minimum Gasteiger partial charge on any atom is -0.497 e. The maximum Gasteiger partial charge on any atom is 0.156 e. The third-order valence-electron chi connectivity index (χ3n) is 3.98. The van der Waals surface area contributed by atoms with E-state index in [1.165, 1.54) is 5.56 Å². The lowest BCUT2D eigenvalue weighted by atomic mass is 9.81. The third-order valence-corrected chi connectivity index (χ3v) is 3.98. The summed E-state index contributed by atoms with van der Waals surface area (Å²) >= 11 is 0. The molecule has 0 radical (unpaired) electrons. The number of methoxy groups -OCH3 is 1. The highest BCUT2D eigenvalue weighted by atomic mass is 16.5. The van der Waals surface area contributed by atoms with Gasteiger partial charge in [0, 0.05) is 6.42 Å². The number of carbonyl (C=O) groups is 1. The SMILES string of the molecule is COc1ccc(C2CC(=O)C=C(c3ccccc3)C2)cc1. The van der Waals surface area contributed by atoms with Crippen molar-refractivity contribution in [2.45, 2.75) is 18.8 Å². The molecule has 0 fully saturated rings. The Morgan fingerprint density at radius 3 is 2.33 bits per heavy atom. The number of carbonyl (C=O) groups excluding carboxylic acids is 1. The minimum atomic E-state index is 0.209. The fourth-order valence-corrected chi connectivity index (χ4v) is 2.86. The van der Waals surface area contributed by atoms with Gasteiger partial charge in [0.2, 0.25) is 0 Å². The summed E-state index contributed by atoms with van der Waals surface area (Å²) in [5.41, 5.74) is 3.47. The van der Waals surface area contributed by atoms with Crippen LogP contribution in [0.5, 0.6) is 5.75 Å². The molecule has 1 aliphatic rings. The molecule has 21 heavy (non-hydrogen) atoms. The van der Waals surface area contributed by atoms with Crippen LogP contribution in [-0.4, -0.2) is 12.9 Å². The Morgan fingerprint density at radius 2 is 1.67 bits per heavy atom. The molecular weight excluding hydrogens is 260 g/mol. The first-order valence-corrected chi connectivity index (χ1v) is 7.19. The molecule has 0 N–H and O–H groups in total. The maximum absolute atomic E-state index is 12.1. The number of benzene rings is 2. The lowest BCUT2D eigenvalue weighted by Gasteiger charge is -2.23. The summed E-state index contributed by atoms with van der Waals surface area (Å²) in [4.78, 5) is 12.1.